The third-order valence-corrected chi connectivity index (χ3v) is 4.55. The number of piperidine rings is 1. The molecule has 2 rings (SSSR count). The van der Waals surface area contributed by atoms with Crippen LogP contribution in [0.3, 0.4) is 0 Å². The first-order chi connectivity index (χ1) is 10.9. The van der Waals surface area contributed by atoms with Gasteiger partial charge in [0.25, 0.3) is 0 Å². The summed E-state index contributed by atoms with van der Waals surface area (Å²) in [5.41, 5.74) is 0. The van der Waals surface area contributed by atoms with E-state index in [1.165, 1.54) is 0 Å². The SMILES string of the molecule is CC(=O)N(CCC(=O)N1CCC2(CC1)OCCO2)CCN(C)C. The van der Waals surface area contributed by atoms with Crippen LogP contribution in [0.15, 0.2) is 0 Å². The molecule has 0 aromatic rings. The van der Waals surface area contributed by atoms with Gasteiger partial charge in [0, 0.05) is 58.9 Å². The quantitative estimate of drug-likeness (QED) is 0.695. The average Bonchev–Trinajstić information content (AvgIpc) is 2.95. The molecule has 2 aliphatic rings. The number of carbonyl (C=O) groups excluding carboxylic acids is 2. The first kappa shape index (κ1) is 18.2. The molecular weight excluding hydrogens is 298 g/mol. The highest BCUT2D eigenvalue weighted by Gasteiger charge is 2.40. The van der Waals surface area contributed by atoms with Gasteiger partial charge in [-0.05, 0) is 14.1 Å². The monoisotopic (exact) mass is 327 g/mol. The minimum atomic E-state index is -0.450. The standard InChI is InChI=1S/C16H29N3O4/c1-14(20)18(11-10-17(2)3)7-4-15(21)19-8-5-16(6-9-19)22-12-13-23-16/h4-13H2,1-3H3. The van der Waals surface area contributed by atoms with Crippen molar-refractivity contribution in [3.05, 3.63) is 0 Å². The Kier molecular flexibility index (Phi) is 6.38. The molecular formula is C16H29N3O4. The minimum absolute atomic E-state index is 0.0185. The van der Waals surface area contributed by atoms with Gasteiger partial charge in [0.05, 0.1) is 13.2 Å². The molecule has 23 heavy (non-hydrogen) atoms. The van der Waals surface area contributed by atoms with Crippen molar-refractivity contribution in [2.75, 3.05) is 60.0 Å². The molecule has 0 aromatic carbocycles. The van der Waals surface area contributed by atoms with Crippen LogP contribution >= 0.6 is 0 Å². The van der Waals surface area contributed by atoms with Crippen molar-refractivity contribution in [2.24, 2.45) is 0 Å². The Hall–Kier alpha value is -1.18. The summed E-state index contributed by atoms with van der Waals surface area (Å²) in [6.07, 6.45) is 1.84. The Morgan fingerprint density at radius 3 is 2.17 bits per heavy atom. The van der Waals surface area contributed by atoms with Crippen molar-refractivity contribution >= 4 is 11.8 Å². The fourth-order valence-corrected chi connectivity index (χ4v) is 3.02. The fraction of sp³-hybridized carbons (Fsp3) is 0.875. The van der Waals surface area contributed by atoms with Crippen LogP contribution in [0, 0.1) is 0 Å². The van der Waals surface area contributed by atoms with Crippen molar-refractivity contribution in [1.82, 2.24) is 14.7 Å². The van der Waals surface area contributed by atoms with Crippen molar-refractivity contribution in [1.29, 1.82) is 0 Å². The number of ether oxygens (including phenoxy) is 2. The zero-order valence-electron chi connectivity index (χ0n) is 14.5. The maximum atomic E-state index is 12.4. The molecule has 132 valence electrons. The maximum Gasteiger partial charge on any atom is 0.224 e. The van der Waals surface area contributed by atoms with E-state index in [0.29, 0.717) is 45.8 Å². The number of hydrogen-bond donors (Lipinski definition) is 0. The molecule has 0 aliphatic carbocycles. The van der Waals surface area contributed by atoms with E-state index in [1.54, 1.807) is 11.8 Å². The van der Waals surface area contributed by atoms with Crippen LogP contribution in [0.1, 0.15) is 26.2 Å². The largest absolute Gasteiger partial charge is 0.347 e. The van der Waals surface area contributed by atoms with Crippen LogP contribution in [-0.4, -0.2) is 92.3 Å². The van der Waals surface area contributed by atoms with Crippen LogP contribution in [-0.2, 0) is 19.1 Å². The molecule has 0 bridgehead atoms. The van der Waals surface area contributed by atoms with Gasteiger partial charge in [-0.3, -0.25) is 9.59 Å². The highest BCUT2D eigenvalue weighted by atomic mass is 16.7. The molecule has 0 N–H and O–H groups in total. The second-order valence-corrected chi connectivity index (χ2v) is 6.55. The lowest BCUT2D eigenvalue weighted by molar-refractivity contribution is -0.187. The van der Waals surface area contributed by atoms with Crippen molar-refractivity contribution < 1.29 is 19.1 Å². The summed E-state index contributed by atoms with van der Waals surface area (Å²) in [6, 6.07) is 0. The molecule has 0 radical (unpaired) electrons. The highest BCUT2D eigenvalue weighted by Crippen LogP contribution is 2.31. The summed E-state index contributed by atoms with van der Waals surface area (Å²) >= 11 is 0. The van der Waals surface area contributed by atoms with Gasteiger partial charge in [-0.15, -0.1) is 0 Å². The maximum absolute atomic E-state index is 12.4. The summed E-state index contributed by atoms with van der Waals surface area (Å²) in [5.74, 6) is -0.326. The first-order valence-electron chi connectivity index (χ1n) is 8.38. The molecule has 7 heteroatoms. The lowest BCUT2D eigenvalue weighted by Crippen LogP contribution is -2.48. The highest BCUT2D eigenvalue weighted by molar-refractivity contribution is 5.78. The van der Waals surface area contributed by atoms with E-state index in [1.807, 2.05) is 23.9 Å². The smallest absolute Gasteiger partial charge is 0.224 e. The summed E-state index contributed by atoms with van der Waals surface area (Å²) < 4.78 is 11.4. The number of hydrogen-bond acceptors (Lipinski definition) is 5. The van der Waals surface area contributed by atoms with E-state index >= 15 is 0 Å². The van der Waals surface area contributed by atoms with Crippen LogP contribution in [0.4, 0.5) is 0 Å². The zero-order chi connectivity index (χ0) is 16.9. The van der Waals surface area contributed by atoms with Gasteiger partial charge in [-0.25, -0.2) is 0 Å². The predicted molar refractivity (Wildman–Crippen MR) is 85.9 cm³/mol. The second kappa shape index (κ2) is 8.08. The van der Waals surface area contributed by atoms with E-state index < -0.39 is 5.79 Å². The van der Waals surface area contributed by atoms with Gasteiger partial charge in [0.2, 0.25) is 11.8 Å². The number of likely N-dealkylation sites (tertiary alicyclic amines) is 1. The normalized spacial score (nSPS) is 20.3. The van der Waals surface area contributed by atoms with Crippen LogP contribution in [0.5, 0.6) is 0 Å². The van der Waals surface area contributed by atoms with Gasteiger partial charge in [0.1, 0.15) is 0 Å². The molecule has 1 spiro atoms. The fourth-order valence-electron chi connectivity index (χ4n) is 3.02. The third kappa shape index (κ3) is 5.16. The third-order valence-electron chi connectivity index (χ3n) is 4.55. The summed E-state index contributed by atoms with van der Waals surface area (Å²) in [4.78, 5) is 29.7. The van der Waals surface area contributed by atoms with Gasteiger partial charge >= 0.3 is 0 Å². The van der Waals surface area contributed by atoms with Crippen molar-refractivity contribution in [3.8, 4) is 0 Å². The Labute approximate surface area is 138 Å². The Balaban J connectivity index is 1.74. The number of carbonyl (C=O) groups is 2. The van der Waals surface area contributed by atoms with Crippen molar-refractivity contribution in [2.45, 2.75) is 32.0 Å². The van der Waals surface area contributed by atoms with Crippen LogP contribution in [0.25, 0.3) is 0 Å². The van der Waals surface area contributed by atoms with E-state index in [9.17, 15) is 9.59 Å². The topological polar surface area (TPSA) is 62.3 Å². The molecule has 2 fully saturated rings. The molecule has 2 aliphatic heterocycles. The molecule has 7 nitrogen and oxygen atoms in total. The first-order valence-corrected chi connectivity index (χ1v) is 8.38. The van der Waals surface area contributed by atoms with Crippen molar-refractivity contribution in [3.63, 3.8) is 0 Å². The zero-order valence-corrected chi connectivity index (χ0v) is 14.5. The molecule has 2 saturated heterocycles. The Morgan fingerprint density at radius 1 is 1.04 bits per heavy atom. The predicted octanol–water partition coefficient (Wildman–Crippen LogP) is 0.152. The second-order valence-electron chi connectivity index (χ2n) is 6.55. The minimum Gasteiger partial charge on any atom is -0.347 e. The molecule has 2 heterocycles. The van der Waals surface area contributed by atoms with Crippen LogP contribution in [0.2, 0.25) is 0 Å². The summed E-state index contributed by atoms with van der Waals surface area (Å²) in [6.45, 7) is 6.11. The Morgan fingerprint density at radius 2 is 1.65 bits per heavy atom. The average molecular weight is 327 g/mol. The van der Waals surface area contributed by atoms with E-state index in [-0.39, 0.29) is 11.8 Å². The number of amides is 2. The molecule has 0 unspecified atom stereocenters. The van der Waals surface area contributed by atoms with Gasteiger partial charge in [0.15, 0.2) is 5.79 Å². The van der Waals surface area contributed by atoms with Crippen LogP contribution < -0.4 is 0 Å². The summed E-state index contributed by atoms with van der Waals surface area (Å²) in [7, 11) is 3.94. The number of nitrogens with zero attached hydrogens (tertiary/aromatic N) is 3. The number of likely N-dealkylation sites (N-methyl/N-ethyl adjacent to an activating group) is 1. The van der Waals surface area contributed by atoms with Gasteiger partial charge in [-0.2, -0.15) is 0 Å². The van der Waals surface area contributed by atoms with E-state index in [0.717, 1.165) is 19.4 Å². The van der Waals surface area contributed by atoms with E-state index in [2.05, 4.69) is 0 Å². The Bertz CT molecular complexity index is 412. The lowest BCUT2D eigenvalue weighted by Gasteiger charge is -2.37. The molecule has 0 aromatic heterocycles. The number of rotatable bonds is 6. The van der Waals surface area contributed by atoms with Gasteiger partial charge in [-0.1, -0.05) is 0 Å². The molecule has 2 amide bonds. The van der Waals surface area contributed by atoms with Gasteiger partial charge < -0.3 is 24.2 Å². The summed E-state index contributed by atoms with van der Waals surface area (Å²) in [5, 5.41) is 0. The van der Waals surface area contributed by atoms with E-state index in [4.69, 9.17) is 9.47 Å². The lowest BCUT2D eigenvalue weighted by atomic mass is 10.0. The molecule has 0 saturated carbocycles. The molecule has 0 atom stereocenters.